The number of hydroxylamine groups is 1. The summed E-state index contributed by atoms with van der Waals surface area (Å²) in [5.74, 6) is -0.301. The highest BCUT2D eigenvalue weighted by molar-refractivity contribution is 5.28. The van der Waals surface area contributed by atoms with Gasteiger partial charge in [-0.3, -0.25) is 0 Å². The average molecular weight is 207 g/mol. The highest BCUT2D eigenvalue weighted by Gasteiger charge is 2.30. The minimum absolute atomic E-state index is 0.0645. The molecule has 0 saturated carbocycles. The summed E-state index contributed by atoms with van der Waals surface area (Å²) in [6.07, 6.45) is -4.69. The van der Waals surface area contributed by atoms with E-state index in [0.717, 1.165) is 0 Å². The Kier molecular flexibility index (Phi) is 3.32. The molecule has 0 radical (unpaired) electrons. The predicted molar refractivity (Wildman–Crippen MR) is 41.8 cm³/mol. The summed E-state index contributed by atoms with van der Waals surface area (Å²) >= 11 is 0. The Morgan fingerprint density at radius 1 is 1.36 bits per heavy atom. The second kappa shape index (κ2) is 4.30. The lowest BCUT2D eigenvalue weighted by Crippen LogP contribution is -2.17. The smallest absolute Gasteiger partial charge is 0.406 e. The molecule has 0 aliphatic carbocycles. The first-order valence-electron chi connectivity index (χ1n) is 3.73. The van der Waals surface area contributed by atoms with Gasteiger partial charge in [-0.15, -0.1) is 13.2 Å². The number of nitrogens with one attached hydrogen (secondary N) is 1. The first-order chi connectivity index (χ1) is 6.51. The van der Waals surface area contributed by atoms with Gasteiger partial charge in [0.25, 0.3) is 0 Å². The van der Waals surface area contributed by atoms with Crippen molar-refractivity contribution in [3.8, 4) is 5.75 Å². The van der Waals surface area contributed by atoms with Crippen molar-refractivity contribution in [2.24, 2.45) is 0 Å². The van der Waals surface area contributed by atoms with Gasteiger partial charge >= 0.3 is 6.36 Å². The molecule has 1 rings (SSSR count). The molecule has 1 aromatic rings. The van der Waals surface area contributed by atoms with Crippen LogP contribution in [0.3, 0.4) is 0 Å². The molecule has 0 aliphatic rings. The highest BCUT2D eigenvalue weighted by atomic mass is 19.4. The number of rotatable bonds is 3. The maximum absolute atomic E-state index is 11.8. The van der Waals surface area contributed by atoms with Crippen molar-refractivity contribution < 1.29 is 23.1 Å². The summed E-state index contributed by atoms with van der Waals surface area (Å²) in [5, 5.41) is 8.33. The van der Waals surface area contributed by atoms with Gasteiger partial charge in [0.15, 0.2) is 0 Å². The summed E-state index contributed by atoms with van der Waals surface area (Å²) in [6, 6.07) is 5.35. The molecule has 0 aliphatic heterocycles. The van der Waals surface area contributed by atoms with E-state index >= 15 is 0 Å². The van der Waals surface area contributed by atoms with Crippen molar-refractivity contribution in [2.75, 3.05) is 0 Å². The van der Waals surface area contributed by atoms with Crippen molar-refractivity contribution in [3.05, 3.63) is 29.8 Å². The molecule has 0 atom stereocenters. The van der Waals surface area contributed by atoms with Crippen molar-refractivity contribution in [1.82, 2.24) is 5.48 Å². The Morgan fingerprint density at radius 3 is 2.64 bits per heavy atom. The molecule has 0 amide bonds. The van der Waals surface area contributed by atoms with Gasteiger partial charge < -0.3 is 9.94 Å². The predicted octanol–water partition coefficient (Wildman–Crippen LogP) is 2.06. The van der Waals surface area contributed by atoms with Gasteiger partial charge in [0, 0.05) is 6.54 Å². The minimum atomic E-state index is -4.69. The van der Waals surface area contributed by atoms with Gasteiger partial charge in [-0.05, 0) is 17.7 Å². The van der Waals surface area contributed by atoms with Crippen molar-refractivity contribution in [3.63, 3.8) is 0 Å². The molecule has 1 aromatic carbocycles. The molecule has 2 N–H and O–H groups in total. The summed E-state index contributed by atoms with van der Waals surface area (Å²) < 4.78 is 39.0. The molecule has 0 unspecified atom stereocenters. The molecule has 0 heterocycles. The van der Waals surface area contributed by atoms with E-state index in [1.54, 1.807) is 6.07 Å². The molecule has 78 valence electrons. The third kappa shape index (κ3) is 3.63. The van der Waals surface area contributed by atoms with Crippen LogP contribution in [0.15, 0.2) is 24.3 Å². The Balaban J connectivity index is 2.73. The first kappa shape index (κ1) is 10.8. The van der Waals surface area contributed by atoms with E-state index in [9.17, 15) is 13.2 Å². The topological polar surface area (TPSA) is 41.5 Å². The van der Waals surface area contributed by atoms with Crippen molar-refractivity contribution in [2.45, 2.75) is 12.9 Å². The second-order valence-corrected chi connectivity index (χ2v) is 2.53. The number of hydrogen-bond donors (Lipinski definition) is 2. The SMILES string of the molecule is ONCc1cccc(OC(F)(F)F)c1. The number of alkyl halides is 3. The lowest BCUT2D eigenvalue weighted by atomic mass is 10.2. The van der Waals surface area contributed by atoms with Crippen LogP contribution in [-0.2, 0) is 6.54 Å². The summed E-state index contributed by atoms with van der Waals surface area (Å²) in [7, 11) is 0. The monoisotopic (exact) mass is 207 g/mol. The van der Waals surface area contributed by atoms with Crippen molar-refractivity contribution in [1.29, 1.82) is 0 Å². The van der Waals surface area contributed by atoms with E-state index in [-0.39, 0.29) is 12.3 Å². The van der Waals surface area contributed by atoms with Gasteiger partial charge in [0.2, 0.25) is 0 Å². The maximum atomic E-state index is 11.8. The lowest BCUT2D eigenvalue weighted by molar-refractivity contribution is -0.274. The number of hydrogen-bond acceptors (Lipinski definition) is 3. The Bertz CT molecular complexity index is 301. The summed E-state index contributed by atoms with van der Waals surface area (Å²) in [5.41, 5.74) is 2.33. The standard InChI is InChI=1S/C8H8F3NO2/c9-8(10,11)14-7-3-1-2-6(4-7)5-12-13/h1-4,12-13H,5H2. The zero-order valence-electron chi connectivity index (χ0n) is 7.01. The molecule has 0 spiro atoms. The normalized spacial score (nSPS) is 11.4. The summed E-state index contributed by atoms with van der Waals surface area (Å²) in [4.78, 5) is 0. The molecule has 3 nitrogen and oxygen atoms in total. The van der Waals surface area contributed by atoms with Gasteiger partial charge in [0.1, 0.15) is 5.75 Å². The molecule has 0 fully saturated rings. The Morgan fingerprint density at radius 2 is 2.07 bits per heavy atom. The molecule has 0 saturated heterocycles. The van der Waals surface area contributed by atoms with E-state index in [1.807, 2.05) is 5.48 Å². The first-order valence-corrected chi connectivity index (χ1v) is 3.73. The van der Waals surface area contributed by atoms with E-state index in [1.165, 1.54) is 18.2 Å². The van der Waals surface area contributed by atoms with Crippen molar-refractivity contribution >= 4 is 0 Å². The minimum Gasteiger partial charge on any atom is -0.406 e. The molecule has 6 heteroatoms. The fourth-order valence-corrected chi connectivity index (χ4v) is 0.944. The van der Waals surface area contributed by atoms with Crippen LogP contribution < -0.4 is 10.2 Å². The molecule has 0 bridgehead atoms. The highest BCUT2D eigenvalue weighted by Crippen LogP contribution is 2.23. The molecule has 0 aromatic heterocycles. The molecule has 14 heavy (non-hydrogen) atoms. The van der Waals surface area contributed by atoms with Crippen LogP contribution in [0.1, 0.15) is 5.56 Å². The zero-order valence-corrected chi connectivity index (χ0v) is 7.01. The van der Waals surface area contributed by atoms with Crippen LogP contribution >= 0.6 is 0 Å². The molecular weight excluding hydrogens is 199 g/mol. The second-order valence-electron chi connectivity index (χ2n) is 2.53. The zero-order chi connectivity index (χ0) is 10.6. The molecular formula is C8H8F3NO2. The van der Waals surface area contributed by atoms with Gasteiger partial charge in [-0.2, -0.15) is 0 Å². The van der Waals surface area contributed by atoms with Crippen LogP contribution in [-0.4, -0.2) is 11.6 Å². The average Bonchev–Trinajstić information content (AvgIpc) is 2.02. The van der Waals surface area contributed by atoms with Crippen LogP contribution in [0.2, 0.25) is 0 Å². The maximum Gasteiger partial charge on any atom is 0.573 e. The van der Waals surface area contributed by atoms with E-state index < -0.39 is 6.36 Å². The number of halogens is 3. The van der Waals surface area contributed by atoms with Gasteiger partial charge in [0.05, 0.1) is 0 Å². The van der Waals surface area contributed by atoms with Gasteiger partial charge in [-0.1, -0.05) is 12.1 Å². The third-order valence-electron chi connectivity index (χ3n) is 1.42. The Hall–Kier alpha value is -1.27. The van der Waals surface area contributed by atoms with Crippen LogP contribution in [0.25, 0.3) is 0 Å². The number of benzene rings is 1. The van der Waals surface area contributed by atoms with Crippen LogP contribution in [0.5, 0.6) is 5.75 Å². The number of ether oxygens (including phenoxy) is 1. The van der Waals surface area contributed by atoms with Gasteiger partial charge in [-0.25, -0.2) is 5.48 Å². The fraction of sp³-hybridized carbons (Fsp3) is 0.250. The largest absolute Gasteiger partial charge is 0.573 e. The van der Waals surface area contributed by atoms with E-state index in [4.69, 9.17) is 5.21 Å². The third-order valence-corrected chi connectivity index (χ3v) is 1.42. The Labute approximate surface area is 78.1 Å². The summed E-state index contributed by atoms with van der Waals surface area (Å²) in [6.45, 7) is 0.0645. The van der Waals surface area contributed by atoms with Crippen LogP contribution in [0, 0.1) is 0 Å². The lowest BCUT2D eigenvalue weighted by Gasteiger charge is -2.09. The van der Waals surface area contributed by atoms with E-state index in [0.29, 0.717) is 5.56 Å². The quantitative estimate of drug-likeness (QED) is 0.745. The van der Waals surface area contributed by atoms with Crippen LogP contribution in [0.4, 0.5) is 13.2 Å². The van der Waals surface area contributed by atoms with E-state index in [2.05, 4.69) is 4.74 Å². The fourth-order valence-electron chi connectivity index (χ4n) is 0.944.